The molecule has 1 aromatic carbocycles. The quantitative estimate of drug-likeness (QED) is 0.602. The van der Waals surface area contributed by atoms with E-state index in [-0.39, 0.29) is 5.78 Å². The SMILES string of the molecule is C/C=C1/CC(c2ccc(N)cc2)=CC(=O)/C1=C/C. The second-order valence-electron chi connectivity index (χ2n) is 4.35. The maximum Gasteiger partial charge on any atom is 0.186 e. The number of benzene rings is 1. The first kappa shape index (κ1) is 12.4. The molecule has 0 bridgehead atoms. The average molecular weight is 239 g/mol. The summed E-state index contributed by atoms with van der Waals surface area (Å²) >= 11 is 0. The van der Waals surface area contributed by atoms with Gasteiger partial charge in [0, 0.05) is 11.3 Å². The molecule has 0 saturated carbocycles. The van der Waals surface area contributed by atoms with E-state index in [9.17, 15) is 4.79 Å². The third kappa shape index (κ3) is 2.28. The average Bonchev–Trinajstić information content (AvgIpc) is 2.38. The monoisotopic (exact) mass is 239 g/mol. The Kier molecular flexibility index (Phi) is 3.47. The molecule has 0 aliphatic heterocycles. The van der Waals surface area contributed by atoms with Gasteiger partial charge in [-0.2, -0.15) is 0 Å². The molecule has 0 amide bonds. The lowest BCUT2D eigenvalue weighted by molar-refractivity contribution is -0.111. The van der Waals surface area contributed by atoms with E-state index < -0.39 is 0 Å². The number of anilines is 1. The van der Waals surface area contributed by atoms with Gasteiger partial charge in [0.15, 0.2) is 5.78 Å². The molecule has 0 heterocycles. The lowest BCUT2D eigenvalue weighted by Gasteiger charge is -2.18. The van der Waals surface area contributed by atoms with Gasteiger partial charge in [-0.05, 0) is 55.2 Å². The van der Waals surface area contributed by atoms with Gasteiger partial charge in [-0.3, -0.25) is 4.79 Å². The van der Waals surface area contributed by atoms with E-state index in [4.69, 9.17) is 5.73 Å². The highest BCUT2D eigenvalue weighted by molar-refractivity contribution is 6.13. The van der Waals surface area contributed by atoms with Crippen LogP contribution in [0.3, 0.4) is 0 Å². The van der Waals surface area contributed by atoms with E-state index in [1.165, 1.54) is 0 Å². The zero-order valence-electron chi connectivity index (χ0n) is 10.7. The number of ketones is 1. The molecule has 2 N–H and O–H groups in total. The highest BCUT2D eigenvalue weighted by Crippen LogP contribution is 2.32. The van der Waals surface area contributed by atoms with Crippen LogP contribution in [-0.4, -0.2) is 5.78 Å². The van der Waals surface area contributed by atoms with E-state index in [1.54, 1.807) is 6.08 Å². The second-order valence-corrected chi connectivity index (χ2v) is 4.35. The van der Waals surface area contributed by atoms with Gasteiger partial charge < -0.3 is 5.73 Å². The highest BCUT2D eigenvalue weighted by atomic mass is 16.1. The van der Waals surface area contributed by atoms with Crippen LogP contribution in [-0.2, 0) is 4.79 Å². The molecule has 92 valence electrons. The summed E-state index contributed by atoms with van der Waals surface area (Å²) in [7, 11) is 0. The smallest absolute Gasteiger partial charge is 0.186 e. The fourth-order valence-corrected chi connectivity index (χ4v) is 2.21. The molecule has 2 rings (SSSR count). The van der Waals surface area contributed by atoms with Crippen LogP contribution >= 0.6 is 0 Å². The zero-order chi connectivity index (χ0) is 13.1. The Balaban J connectivity index is 2.42. The summed E-state index contributed by atoms with van der Waals surface area (Å²) in [4.78, 5) is 12.0. The number of allylic oxidation sites excluding steroid dienone is 6. The van der Waals surface area contributed by atoms with Gasteiger partial charge in [0.1, 0.15) is 0 Å². The summed E-state index contributed by atoms with van der Waals surface area (Å²) < 4.78 is 0. The van der Waals surface area contributed by atoms with E-state index in [0.29, 0.717) is 0 Å². The maximum absolute atomic E-state index is 12.0. The standard InChI is InChI=1S/C16H17NO/c1-3-11-9-13(10-16(18)15(11)4-2)12-5-7-14(17)8-6-12/h3-8,10H,9,17H2,1-2H3/b11-3-,15-4+. The minimum Gasteiger partial charge on any atom is -0.399 e. The topological polar surface area (TPSA) is 43.1 Å². The second kappa shape index (κ2) is 5.05. The molecular formula is C16H17NO. The van der Waals surface area contributed by atoms with Crippen molar-refractivity contribution >= 4 is 17.0 Å². The lowest BCUT2D eigenvalue weighted by atomic mass is 9.85. The van der Waals surface area contributed by atoms with Crippen molar-refractivity contribution < 1.29 is 4.79 Å². The first-order valence-electron chi connectivity index (χ1n) is 6.08. The van der Waals surface area contributed by atoms with E-state index in [1.807, 2.05) is 50.3 Å². The van der Waals surface area contributed by atoms with Gasteiger partial charge in [-0.1, -0.05) is 24.3 Å². The van der Waals surface area contributed by atoms with Crippen molar-refractivity contribution in [2.75, 3.05) is 5.73 Å². The molecule has 0 unspecified atom stereocenters. The lowest BCUT2D eigenvalue weighted by Crippen LogP contribution is -2.09. The Morgan fingerprint density at radius 3 is 2.33 bits per heavy atom. The molecule has 1 aliphatic rings. The third-order valence-electron chi connectivity index (χ3n) is 3.22. The van der Waals surface area contributed by atoms with Crippen LogP contribution in [0.2, 0.25) is 0 Å². The van der Waals surface area contributed by atoms with Crippen molar-refractivity contribution in [2.24, 2.45) is 0 Å². The van der Waals surface area contributed by atoms with Crippen LogP contribution in [0.25, 0.3) is 5.57 Å². The van der Waals surface area contributed by atoms with Crippen LogP contribution in [0.4, 0.5) is 5.69 Å². The molecule has 0 atom stereocenters. The number of hydrogen-bond donors (Lipinski definition) is 1. The summed E-state index contributed by atoms with van der Waals surface area (Å²) in [5.41, 5.74) is 10.4. The van der Waals surface area contributed by atoms with Crippen LogP contribution in [0.1, 0.15) is 25.8 Å². The minimum absolute atomic E-state index is 0.0867. The van der Waals surface area contributed by atoms with Gasteiger partial charge in [0.2, 0.25) is 0 Å². The van der Waals surface area contributed by atoms with E-state index in [2.05, 4.69) is 0 Å². The van der Waals surface area contributed by atoms with Crippen LogP contribution in [0.15, 0.2) is 53.6 Å². The Morgan fingerprint density at radius 1 is 1.11 bits per heavy atom. The van der Waals surface area contributed by atoms with E-state index in [0.717, 1.165) is 34.4 Å². The van der Waals surface area contributed by atoms with Crippen molar-refractivity contribution in [1.29, 1.82) is 0 Å². The molecule has 0 saturated heterocycles. The Labute approximate surface area is 108 Å². The number of nitrogen functional groups attached to an aromatic ring is 1. The fraction of sp³-hybridized carbons (Fsp3) is 0.188. The molecule has 18 heavy (non-hydrogen) atoms. The van der Waals surface area contributed by atoms with Gasteiger partial charge in [0.05, 0.1) is 0 Å². The predicted molar refractivity (Wildman–Crippen MR) is 76.0 cm³/mol. The predicted octanol–water partition coefficient (Wildman–Crippen LogP) is 3.52. The molecule has 2 nitrogen and oxygen atoms in total. The zero-order valence-corrected chi connectivity index (χ0v) is 10.7. The molecule has 0 spiro atoms. The van der Waals surface area contributed by atoms with Crippen LogP contribution in [0.5, 0.6) is 0 Å². The summed E-state index contributed by atoms with van der Waals surface area (Å²) in [5, 5.41) is 0. The normalized spacial score (nSPS) is 20.3. The van der Waals surface area contributed by atoms with Crippen molar-refractivity contribution in [3.8, 4) is 0 Å². The summed E-state index contributed by atoms with van der Waals surface area (Å²) in [6, 6.07) is 7.65. The number of nitrogens with two attached hydrogens (primary N) is 1. The molecule has 2 heteroatoms. The molecule has 0 aromatic heterocycles. The molecular weight excluding hydrogens is 222 g/mol. The van der Waals surface area contributed by atoms with Crippen molar-refractivity contribution in [3.05, 3.63) is 59.2 Å². The molecule has 1 aromatic rings. The molecule has 0 fully saturated rings. The van der Waals surface area contributed by atoms with E-state index >= 15 is 0 Å². The minimum atomic E-state index is 0.0867. The first-order valence-corrected chi connectivity index (χ1v) is 6.08. The number of rotatable bonds is 1. The van der Waals surface area contributed by atoms with Crippen LogP contribution in [0, 0.1) is 0 Å². The Hall–Kier alpha value is -2.09. The first-order chi connectivity index (χ1) is 8.65. The summed E-state index contributed by atoms with van der Waals surface area (Å²) in [5.74, 6) is 0.0867. The number of carbonyl (C=O) groups is 1. The maximum atomic E-state index is 12.0. The van der Waals surface area contributed by atoms with Crippen molar-refractivity contribution in [1.82, 2.24) is 0 Å². The van der Waals surface area contributed by atoms with Gasteiger partial charge >= 0.3 is 0 Å². The summed E-state index contributed by atoms with van der Waals surface area (Å²) in [6.45, 7) is 3.87. The fourth-order valence-electron chi connectivity index (χ4n) is 2.21. The number of carbonyl (C=O) groups excluding carboxylic acids is 1. The summed E-state index contributed by atoms with van der Waals surface area (Å²) in [6.07, 6.45) is 6.42. The van der Waals surface area contributed by atoms with Crippen LogP contribution < -0.4 is 5.73 Å². The van der Waals surface area contributed by atoms with Crippen molar-refractivity contribution in [2.45, 2.75) is 20.3 Å². The van der Waals surface area contributed by atoms with Gasteiger partial charge in [0.25, 0.3) is 0 Å². The third-order valence-corrected chi connectivity index (χ3v) is 3.22. The molecule has 1 aliphatic carbocycles. The van der Waals surface area contributed by atoms with Gasteiger partial charge in [-0.15, -0.1) is 0 Å². The van der Waals surface area contributed by atoms with Crippen molar-refractivity contribution in [3.63, 3.8) is 0 Å². The number of hydrogen-bond acceptors (Lipinski definition) is 2. The van der Waals surface area contributed by atoms with Gasteiger partial charge in [-0.25, -0.2) is 0 Å². The Morgan fingerprint density at radius 2 is 1.78 bits per heavy atom. The highest BCUT2D eigenvalue weighted by Gasteiger charge is 2.19. The molecule has 0 radical (unpaired) electrons. The largest absolute Gasteiger partial charge is 0.399 e. The Bertz CT molecular complexity index is 559.